The average Bonchev–Trinajstić information content (AvgIpc) is 2.39. The Morgan fingerprint density at radius 2 is 1.64 bits per heavy atom. The van der Waals surface area contributed by atoms with Crippen LogP contribution in [0.3, 0.4) is 0 Å². The van der Waals surface area contributed by atoms with Crippen molar-refractivity contribution in [2.45, 2.75) is 71.6 Å². The number of carbonyl (C=O) groups excluding carboxylic acids is 3. The van der Waals surface area contributed by atoms with Crippen LogP contribution in [0.4, 0.5) is 4.79 Å². The van der Waals surface area contributed by atoms with Gasteiger partial charge in [0, 0.05) is 6.42 Å². The minimum absolute atomic E-state index is 0.0691. The molecule has 144 valence electrons. The Morgan fingerprint density at radius 1 is 1.08 bits per heavy atom. The maximum absolute atomic E-state index is 12.4. The van der Waals surface area contributed by atoms with E-state index in [0.717, 1.165) is 0 Å². The summed E-state index contributed by atoms with van der Waals surface area (Å²) in [5.41, 5.74) is 4.28. The van der Waals surface area contributed by atoms with Gasteiger partial charge in [-0.3, -0.25) is 9.59 Å². The summed E-state index contributed by atoms with van der Waals surface area (Å²) >= 11 is 0. The highest BCUT2D eigenvalue weighted by atomic mass is 16.6. The fourth-order valence-corrected chi connectivity index (χ4v) is 1.97. The maximum Gasteiger partial charge on any atom is 0.408 e. The average molecular weight is 359 g/mol. The zero-order valence-electron chi connectivity index (χ0n) is 15.4. The summed E-state index contributed by atoms with van der Waals surface area (Å²) in [4.78, 5) is 46.3. The minimum atomic E-state index is -1.28. The first kappa shape index (κ1) is 22.7. The highest BCUT2D eigenvalue weighted by molar-refractivity contribution is 5.89. The van der Waals surface area contributed by atoms with Crippen molar-refractivity contribution in [1.82, 2.24) is 10.6 Å². The number of carboxylic acids is 1. The molecule has 0 spiro atoms. The number of carboxylic acid groups (broad SMARTS) is 1. The lowest BCUT2D eigenvalue weighted by Crippen LogP contribution is -2.52. The molecular weight excluding hydrogens is 330 g/mol. The Hall–Kier alpha value is -2.32. The van der Waals surface area contributed by atoms with Gasteiger partial charge in [-0.05, 0) is 39.5 Å². The highest BCUT2D eigenvalue weighted by Gasteiger charge is 2.28. The molecule has 0 radical (unpaired) electrons. The molecule has 0 bridgehead atoms. The number of hydrogen-bond donors (Lipinski definition) is 4. The van der Waals surface area contributed by atoms with Crippen LogP contribution in [0.2, 0.25) is 0 Å². The Bertz CT molecular complexity index is 499. The minimum Gasteiger partial charge on any atom is -0.480 e. The zero-order valence-corrected chi connectivity index (χ0v) is 15.4. The van der Waals surface area contributed by atoms with Gasteiger partial charge in [0.05, 0.1) is 0 Å². The van der Waals surface area contributed by atoms with Crippen LogP contribution in [0.5, 0.6) is 0 Å². The Morgan fingerprint density at radius 3 is 2.04 bits per heavy atom. The lowest BCUT2D eigenvalue weighted by atomic mass is 10.0. The van der Waals surface area contributed by atoms with E-state index in [9.17, 15) is 19.2 Å². The molecule has 0 unspecified atom stereocenters. The number of primary amides is 1. The summed E-state index contributed by atoms with van der Waals surface area (Å²) in [5, 5.41) is 13.9. The highest BCUT2D eigenvalue weighted by Crippen LogP contribution is 2.10. The number of ether oxygens (including phenoxy) is 1. The van der Waals surface area contributed by atoms with E-state index < -0.39 is 41.6 Å². The van der Waals surface area contributed by atoms with E-state index in [0.29, 0.717) is 6.42 Å². The Kier molecular flexibility index (Phi) is 8.94. The fourth-order valence-electron chi connectivity index (χ4n) is 1.97. The first-order valence-corrected chi connectivity index (χ1v) is 8.12. The predicted molar refractivity (Wildman–Crippen MR) is 90.6 cm³/mol. The van der Waals surface area contributed by atoms with Crippen LogP contribution >= 0.6 is 0 Å². The van der Waals surface area contributed by atoms with Crippen LogP contribution in [0.25, 0.3) is 0 Å². The first-order chi connectivity index (χ1) is 11.3. The van der Waals surface area contributed by atoms with Crippen LogP contribution < -0.4 is 16.4 Å². The van der Waals surface area contributed by atoms with E-state index in [1.54, 1.807) is 20.8 Å². The SMILES string of the molecule is CC(C)C[C@H](NC(=O)OC(C)(C)C)C(=O)N[C@@H](CCC(N)=O)C(=O)O. The van der Waals surface area contributed by atoms with Crippen molar-refractivity contribution >= 4 is 23.9 Å². The number of hydrogen-bond acceptors (Lipinski definition) is 5. The lowest BCUT2D eigenvalue weighted by molar-refractivity contribution is -0.142. The molecule has 0 aromatic rings. The summed E-state index contributed by atoms with van der Waals surface area (Å²) in [7, 11) is 0. The van der Waals surface area contributed by atoms with Crippen molar-refractivity contribution in [2.75, 3.05) is 0 Å². The number of amides is 3. The monoisotopic (exact) mass is 359 g/mol. The summed E-state index contributed by atoms with van der Waals surface area (Å²) in [6.45, 7) is 8.79. The molecule has 0 aliphatic carbocycles. The van der Waals surface area contributed by atoms with E-state index in [2.05, 4.69) is 10.6 Å². The Labute approximate surface area is 147 Å². The summed E-state index contributed by atoms with van der Waals surface area (Å²) < 4.78 is 5.12. The van der Waals surface area contributed by atoms with Gasteiger partial charge in [-0.15, -0.1) is 0 Å². The standard InChI is InChI=1S/C16H29N3O6/c1-9(2)8-11(19-15(24)25-16(3,4)5)13(21)18-10(14(22)23)6-7-12(17)20/h9-11H,6-8H2,1-5H3,(H2,17,20)(H,18,21)(H,19,24)(H,22,23)/t10-,11-/m0/s1. The normalized spacial score (nSPS) is 13.7. The Balaban J connectivity index is 4.99. The predicted octanol–water partition coefficient (Wildman–Crippen LogP) is 0.761. The molecule has 3 amide bonds. The number of nitrogens with one attached hydrogen (secondary N) is 2. The fraction of sp³-hybridized carbons (Fsp3) is 0.750. The molecule has 0 aliphatic rings. The topological polar surface area (TPSA) is 148 Å². The van der Waals surface area contributed by atoms with Crippen molar-refractivity contribution in [3.8, 4) is 0 Å². The van der Waals surface area contributed by atoms with Crippen molar-refractivity contribution < 1.29 is 29.0 Å². The van der Waals surface area contributed by atoms with Gasteiger partial charge in [-0.25, -0.2) is 9.59 Å². The van der Waals surface area contributed by atoms with Gasteiger partial charge in [0.15, 0.2) is 0 Å². The molecule has 0 fully saturated rings. The van der Waals surface area contributed by atoms with Crippen LogP contribution in [0, 0.1) is 5.92 Å². The number of alkyl carbamates (subject to hydrolysis) is 1. The van der Waals surface area contributed by atoms with Gasteiger partial charge in [-0.1, -0.05) is 13.8 Å². The van der Waals surface area contributed by atoms with Crippen molar-refractivity contribution in [2.24, 2.45) is 11.7 Å². The molecule has 0 heterocycles. The maximum atomic E-state index is 12.4. The molecule has 25 heavy (non-hydrogen) atoms. The van der Waals surface area contributed by atoms with Crippen molar-refractivity contribution in [3.63, 3.8) is 0 Å². The van der Waals surface area contributed by atoms with Crippen LogP contribution in [-0.2, 0) is 19.1 Å². The molecule has 2 atom stereocenters. The van der Waals surface area contributed by atoms with Crippen LogP contribution in [-0.4, -0.2) is 46.7 Å². The van der Waals surface area contributed by atoms with E-state index in [4.69, 9.17) is 15.6 Å². The summed E-state index contributed by atoms with van der Waals surface area (Å²) in [6, 6.07) is -2.22. The van der Waals surface area contributed by atoms with Crippen molar-refractivity contribution in [3.05, 3.63) is 0 Å². The molecule has 0 rings (SSSR count). The van der Waals surface area contributed by atoms with Gasteiger partial charge in [0.2, 0.25) is 11.8 Å². The molecule has 0 aliphatic heterocycles. The van der Waals surface area contributed by atoms with E-state index in [-0.39, 0.29) is 18.8 Å². The third-order valence-corrected chi connectivity index (χ3v) is 3.01. The molecule has 9 nitrogen and oxygen atoms in total. The van der Waals surface area contributed by atoms with Crippen LogP contribution in [0.1, 0.15) is 53.9 Å². The number of carbonyl (C=O) groups is 4. The zero-order chi connectivity index (χ0) is 19.8. The molecule has 5 N–H and O–H groups in total. The second-order valence-corrected chi connectivity index (χ2v) is 7.23. The quantitative estimate of drug-likeness (QED) is 0.478. The smallest absolute Gasteiger partial charge is 0.408 e. The summed E-state index contributed by atoms with van der Waals surface area (Å²) in [5.74, 6) is -2.53. The molecule has 0 saturated carbocycles. The van der Waals surface area contributed by atoms with Gasteiger partial charge in [-0.2, -0.15) is 0 Å². The van der Waals surface area contributed by atoms with Gasteiger partial charge >= 0.3 is 12.1 Å². The molecule has 0 aromatic carbocycles. The van der Waals surface area contributed by atoms with E-state index in [1.165, 1.54) is 0 Å². The van der Waals surface area contributed by atoms with E-state index in [1.807, 2.05) is 13.8 Å². The van der Waals surface area contributed by atoms with Gasteiger partial charge in [0.1, 0.15) is 17.7 Å². The second kappa shape index (κ2) is 9.85. The number of rotatable bonds is 9. The number of aliphatic carboxylic acids is 1. The molecule has 9 heteroatoms. The third kappa shape index (κ3) is 11.0. The third-order valence-electron chi connectivity index (χ3n) is 3.01. The number of nitrogens with two attached hydrogens (primary N) is 1. The van der Waals surface area contributed by atoms with E-state index >= 15 is 0 Å². The first-order valence-electron chi connectivity index (χ1n) is 8.12. The second-order valence-electron chi connectivity index (χ2n) is 7.23. The molecule has 0 aromatic heterocycles. The molecular formula is C16H29N3O6. The largest absolute Gasteiger partial charge is 0.480 e. The van der Waals surface area contributed by atoms with Crippen molar-refractivity contribution in [1.29, 1.82) is 0 Å². The molecule has 0 saturated heterocycles. The van der Waals surface area contributed by atoms with Gasteiger partial charge < -0.3 is 26.2 Å². The summed E-state index contributed by atoms with van der Waals surface area (Å²) in [6.07, 6.45) is -0.770. The lowest BCUT2D eigenvalue weighted by Gasteiger charge is -2.25. The van der Waals surface area contributed by atoms with Crippen LogP contribution in [0.15, 0.2) is 0 Å². The van der Waals surface area contributed by atoms with Gasteiger partial charge in [0.25, 0.3) is 0 Å².